The molecule has 1 aliphatic heterocycles. The third-order valence-corrected chi connectivity index (χ3v) is 3.19. The van der Waals surface area contributed by atoms with Crippen LogP contribution in [0.2, 0.25) is 0 Å². The van der Waals surface area contributed by atoms with Crippen molar-refractivity contribution in [2.45, 2.75) is 39.7 Å². The third-order valence-electron chi connectivity index (χ3n) is 2.81. The van der Waals surface area contributed by atoms with E-state index in [0.717, 1.165) is 31.0 Å². The molecule has 0 amide bonds. The van der Waals surface area contributed by atoms with Gasteiger partial charge in [-0.2, -0.15) is 0 Å². The maximum atomic E-state index is 11.6. The molecule has 5 heteroatoms. The van der Waals surface area contributed by atoms with Gasteiger partial charge in [-0.15, -0.1) is 0 Å². The Balaban J connectivity index is 2.35. The number of nitrogens with zero attached hydrogens (tertiary/aromatic N) is 1. The lowest BCUT2D eigenvalue weighted by molar-refractivity contribution is -0.149. The van der Waals surface area contributed by atoms with E-state index in [-0.39, 0.29) is 11.9 Å². The topological polar surface area (TPSA) is 41.6 Å². The highest BCUT2D eigenvalue weighted by Gasteiger charge is 2.26. The quantitative estimate of drug-likeness (QED) is 0.614. The number of thiocarbonyl (C=S) groups is 1. The average molecular weight is 258 g/mol. The van der Waals surface area contributed by atoms with E-state index in [1.165, 1.54) is 0 Å². The summed E-state index contributed by atoms with van der Waals surface area (Å²) in [6.07, 6.45) is 1.66. The third kappa shape index (κ3) is 4.50. The Bertz CT molecular complexity index is 274. The molecule has 1 heterocycles. The predicted molar refractivity (Wildman–Crippen MR) is 71.8 cm³/mol. The lowest BCUT2D eigenvalue weighted by atomic mass is 9.97. The van der Waals surface area contributed by atoms with Crippen LogP contribution >= 0.6 is 12.2 Å². The summed E-state index contributed by atoms with van der Waals surface area (Å²) in [5.74, 6) is -0.0112. The summed E-state index contributed by atoms with van der Waals surface area (Å²) in [5.41, 5.74) is 0. The molecule has 1 N–H and O–H groups in total. The van der Waals surface area contributed by atoms with E-state index in [4.69, 9.17) is 17.0 Å². The molecular formula is C12H22N2O2S. The average Bonchev–Trinajstić information content (AvgIpc) is 2.28. The molecule has 0 aromatic rings. The largest absolute Gasteiger partial charge is 0.466 e. The number of hydrogen-bond acceptors (Lipinski definition) is 3. The van der Waals surface area contributed by atoms with Crippen LogP contribution in [0.25, 0.3) is 0 Å². The van der Waals surface area contributed by atoms with Gasteiger partial charge in [0.1, 0.15) is 0 Å². The van der Waals surface area contributed by atoms with Crippen molar-refractivity contribution in [2.75, 3.05) is 19.7 Å². The van der Waals surface area contributed by atoms with Gasteiger partial charge in [0.25, 0.3) is 0 Å². The Morgan fingerprint density at radius 2 is 2.06 bits per heavy atom. The molecule has 0 aromatic carbocycles. The van der Waals surface area contributed by atoms with Gasteiger partial charge in [0, 0.05) is 19.1 Å². The fourth-order valence-corrected chi connectivity index (χ4v) is 2.33. The van der Waals surface area contributed by atoms with Crippen LogP contribution < -0.4 is 5.32 Å². The molecule has 1 aliphatic rings. The summed E-state index contributed by atoms with van der Waals surface area (Å²) in [4.78, 5) is 13.7. The number of piperidine rings is 1. The zero-order valence-corrected chi connectivity index (χ0v) is 11.7. The SMILES string of the molecule is CCOC(=O)C1CCN(C(=S)NC(C)C)CC1. The van der Waals surface area contributed by atoms with Crippen molar-refractivity contribution in [3.8, 4) is 0 Å². The zero-order chi connectivity index (χ0) is 12.8. The predicted octanol–water partition coefficient (Wildman–Crippen LogP) is 1.54. The van der Waals surface area contributed by atoms with Gasteiger partial charge < -0.3 is 15.0 Å². The highest BCUT2D eigenvalue weighted by molar-refractivity contribution is 7.80. The number of esters is 1. The van der Waals surface area contributed by atoms with Crippen LogP contribution in [-0.2, 0) is 9.53 Å². The number of hydrogen-bond donors (Lipinski definition) is 1. The molecule has 0 radical (unpaired) electrons. The summed E-state index contributed by atoms with van der Waals surface area (Å²) >= 11 is 5.30. The second-order valence-electron chi connectivity index (χ2n) is 4.62. The molecule has 0 atom stereocenters. The number of carbonyl (C=O) groups is 1. The van der Waals surface area contributed by atoms with Crippen molar-refractivity contribution in [3.63, 3.8) is 0 Å². The first-order valence-electron chi connectivity index (χ1n) is 6.26. The summed E-state index contributed by atoms with van der Waals surface area (Å²) in [7, 11) is 0. The van der Waals surface area contributed by atoms with Gasteiger partial charge in [-0.3, -0.25) is 4.79 Å². The van der Waals surface area contributed by atoms with Gasteiger partial charge in [-0.1, -0.05) is 0 Å². The van der Waals surface area contributed by atoms with Crippen molar-refractivity contribution in [2.24, 2.45) is 5.92 Å². The molecule has 0 aliphatic carbocycles. The maximum absolute atomic E-state index is 11.6. The van der Waals surface area contributed by atoms with Gasteiger partial charge in [-0.25, -0.2) is 0 Å². The normalized spacial score (nSPS) is 17.1. The van der Waals surface area contributed by atoms with E-state index in [9.17, 15) is 4.79 Å². The molecule has 0 bridgehead atoms. The Morgan fingerprint density at radius 1 is 1.47 bits per heavy atom. The standard InChI is InChI=1S/C12H22N2O2S/c1-4-16-11(15)10-5-7-14(8-6-10)12(17)13-9(2)3/h9-10H,4-8H2,1-3H3,(H,13,17). The summed E-state index contributed by atoms with van der Waals surface area (Å²) in [6.45, 7) is 8.11. The molecule has 1 rings (SSSR count). The van der Waals surface area contributed by atoms with Gasteiger partial charge in [0.05, 0.1) is 12.5 Å². The Kier molecular flexibility index (Phi) is 5.68. The monoisotopic (exact) mass is 258 g/mol. The highest BCUT2D eigenvalue weighted by Crippen LogP contribution is 2.18. The van der Waals surface area contributed by atoms with Gasteiger partial charge in [-0.05, 0) is 45.8 Å². The van der Waals surface area contributed by atoms with Crippen LogP contribution in [0.15, 0.2) is 0 Å². The molecule has 4 nitrogen and oxygen atoms in total. The number of nitrogens with one attached hydrogen (secondary N) is 1. The fraction of sp³-hybridized carbons (Fsp3) is 0.833. The van der Waals surface area contributed by atoms with Crippen molar-refractivity contribution in [1.29, 1.82) is 0 Å². The number of likely N-dealkylation sites (tertiary alicyclic amines) is 1. The number of rotatable bonds is 3. The molecular weight excluding hydrogens is 236 g/mol. The van der Waals surface area contributed by atoms with Crippen molar-refractivity contribution in [1.82, 2.24) is 10.2 Å². The van der Waals surface area contributed by atoms with Crippen LogP contribution in [-0.4, -0.2) is 41.7 Å². The smallest absolute Gasteiger partial charge is 0.309 e. The van der Waals surface area contributed by atoms with Crippen LogP contribution in [0.5, 0.6) is 0 Å². The minimum absolute atomic E-state index is 0.0491. The van der Waals surface area contributed by atoms with Gasteiger partial charge >= 0.3 is 5.97 Å². The van der Waals surface area contributed by atoms with Gasteiger partial charge in [0.15, 0.2) is 5.11 Å². The first-order valence-corrected chi connectivity index (χ1v) is 6.67. The lowest BCUT2D eigenvalue weighted by Crippen LogP contribution is -2.47. The Hall–Kier alpha value is -0.840. The maximum Gasteiger partial charge on any atom is 0.309 e. The van der Waals surface area contributed by atoms with Crippen LogP contribution in [0, 0.1) is 5.92 Å². The minimum atomic E-state index is -0.0603. The molecule has 0 spiro atoms. The van der Waals surface area contributed by atoms with E-state index in [1.807, 2.05) is 6.92 Å². The van der Waals surface area contributed by atoms with Crippen LogP contribution in [0.1, 0.15) is 33.6 Å². The molecule has 1 fully saturated rings. The first-order chi connectivity index (χ1) is 8.04. The van der Waals surface area contributed by atoms with E-state index >= 15 is 0 Å². The summed E-state index contributed by atoms with van der Waals surface area (Å²) in [6, 6.07) is 0.352. The van der Waals surface area contributed by atoms with Gasteiger partial charge in [0.2, 0.25) is 0 Å². The minimum Gasteiger partial charge on any atom is -0.466 e. The van der Waals surface area contributed by atoms with E-state index in [0.29, 0.717) is 12.6 Å². The van der Waals surface area contributed by atoms with Crippen molar-refractivity contribution < 1.29 is 9.53 Å². The molecule has 17 heavy (non-hydrogen) atoms. The lowest BCUT2D eigenvalue weighted by Gasteiger charge is -2.33. The number of carbonyl (C=O) groups excluding carboxylic acids is 1. The van der Waals surface area contributed by atoms with E-state index in [1.54, 1.807) is 0 Å². The highest BCUT2D eigenvalue weighted by atomic mass is 32.1. The second-order valence-corrected chi connectivity index (χ2v) is 5.00. The molecule has 0 unspecified atom stereocenters. The zero-order valence-electron chi connectivity index (χ0n) is 10.9. The summed E-state index contributed by atoms with van der Waals surface area (Å²) in [5, 5.41) is 4.02. The van der Waals surface area contributed by atoms with Crippen LogP contribution in [0.4, 0.5) is 0 Å². The van der Waals surface area contributed by atoms with E-state index in [2.05, 4.69) is 24.1 Å². The van der Waals surface area contributed by atoms with Crippen molar-refractivity contribution in [3.05, 3.63) is 0 Å². The molecule has 0 saturated carbocycles. The second kappa shape index (κ2) is 6.79. The summed E-state index contributed by atoms with van der Waals surface area (Å²) < 4.78 is 5.04. The first kappa shape index (κ1) is 14.2. The van der Waals surface area contributed by atoms with Crippen LogP contribution in [0.3, 0.4) is 0 Å². The molecule has 98 valence electrons. The fourth-order valence-electron chi connectivity index (χ4n) is 1.92. The van der Waals surface area contributed by atoms with E-state index < -0.39 is 0 Å². The Morgan fingerprint density at radius 3 is 2.53 bits per heavy atom. The van der Waals surface area contributed by atoms with Crippen molar-refractivity contribution >= 4 is 23.3 Å². The molecule has 0 aromatic heterocycles. The molecule has 1 saturated heterocycles. The Labute approximate surface area is 109 Å². The number of ether oxygens (including phenoxy) is 1.